The zero-order valence-corrected chi connectivity index (χ0v) is 13.0. The second-order valence-electron chi connectivity index (χ2n) is 4.88. The molecule has 22 heavy (non-hydrogen) atoms. The van der Waals surface area contributed by atoms with Gasteiger partial charge in [-0.05, 0) is 42.1 Å². The summed E-state index contributed by atoms with van der Waals surface area (Å²) in [6.07, 6.45) is 1.06. The van der Waals surface area contributed by atoms with E-state index in [4.69, 9.17) is 0 Å². The highest BCUT2D eigenvalue weighted by atomic mass is 32.1. The molecule has 1 aromatic carbocycles. The number of carbonyl (C=O) groups excluding carboxylic acids is 2. The van der Waals surface area contributed by atoms with Crippen LogP contribution in [0.2, 0.25) is 0 Å². The summed E-state index contributed by atoms with van der Waals surface area (Å²) in [5.74, 6) is -0.750. The van der Waals surface area contributed by atoms with Gasteiger partial charge in [0.1, 0.15) is 5.82 Å². The standard InChI is InChI=1S/C16H17FN2O2S/c1-19(16(21)9-8-14-3-2-10-22-14)11-15(20)18-13-6-4-12(17)5-7-13/h2-7,10H,8-9,11H2,1H3,(H,18,20). The minimum Gasteiger partial charge on any atom is -0.336 e. The van der Waals surface area contributed by atoms with Gasteiger partial charge >= 0.3 is 0 Å². The van der Waals surface area contributed by atoms with Crippen LogP contribution in [0.25, 0.3) is 0 Å². The first-order valence-corrected chi connectivity index (χ1v) is 7.74. The van der Waals surface area contributed by atoms with Gasteiger partial charge in [0, 0.05) is 24.0 Å². The Labute approximate surface area is 132 Å². The fraction of sp³-hybridized carbons (Fsp3) is 0.250. The molecule has 0 aliphatic heterocycles. The van der Waals surface area contributed by atoms with Crippen molar-refractivity contribution in [1.82, 2.24) is 4.90 Å². The highest BCUT2D eigenvalue weighted by Crippen LogP contribution is 2.12. The number of anilines is 1. The summed E-state index contributed by atoms with van der Waals surface area (Å²) < 4.78 is 12.8. The molecule has 0 radical (unpaired) electrons. The normalized spacial score (nSPS) is 10.3. The first-order valence-electron chi connectivity index (χ1n) is 6.86. The lowest BCUT2D eigenvalue weighted by Gasteiger charge is -2.16. The third-order valence-electron chi connectivity index (χ3n) is 3.10. The summed E-state index contributed by atoms with van der Waals surface area (Å²) in [6.45, 7) is -0.0271. The number of benzene rings is 1. The van der Waals surface area contributed by atoms with Crippen molar-refractivity contribution in [1.29, 1.82) is 0 Å². The van der Waals surface area contributed by atoms with Gasteiger partial charge in [0.15, 0.2) is 0 Å². The van der Waals surface area contributed by atoms with E-state index in [9.17, 15) is 14.0 Å². The van der Waals surface area contributed by atoms with Gasteiger partial charge in [-0.25, -0.2) is 4.39 Å². The van der Waals surface area contributed by atoms with Gasteiger partial charge in [-0.3, -0.25) is 9.59 Å². The quantitative estimate of drug-likeness (QED) is 0.890. The highest BCUT2D eigenvalue weighted by molar-refractivity contribution is 7.09. The number of hydrogen-bond acceptors (Lipinski definition) is 3. The van der Waals surface area contributed by atoms with Crippen LogP contribution in [0, 0.1) is 5.82 Å². The van der Waals surface area contributed by atoms with E-state index < -0.39 is 0 Å². The number of nitrogens with one attached hydrogen (secondary N) is 1. The lowest BCUT2D eigenvalue weighted by Crippen LogP contribution is -2.35. The highest BCUT2D eigenvalue weighted by Gasteiger charge is 2.13. The molecule has 4 nitrogen and oxygen atoms in total. The van der Waals surface area contributed by atoms with E-state index in [1.807, 2.05) is 17.5 Å². The summed E-state index contributed by atoms with van der Waals surface area (Å²) in [4.78, 5) is 26.4. The molecule has 0 bridgehead atoms. The van der Waals surface area contributed by atoms with Crippen LogP contribution < -0.4 is 5.32 Å². The van der Waals surface area contributed by atoms with Gasteiger partial charge in [-0.2, -0.15) is 0 Å². The molecule has 0 atom stereocenters. The Kier molecular flexibility index (Phi) is 5.66. The summed E-state index contributed by atoms with van der Waals surface area (Å²) in [7, 11) is 1.60. The minimum atomic E-state index is -0.362. The molecule has 0 aliphatic carbocycles. The van der Waals surface area contributed by atoms with E-state index in [2.05, 4.69) is 5.32 Å². The fourth-order valence-electron chi connectivity index (χ4n) is 1.91. The van der Waals surface area contributed by atoms with Crippen LogP contribution in [0.5, 0.6) is 0 Å². The minimum absolute atomic E-state index is 0.0271. The monoisotopic (exact) mass is 320 g/mol. The Bertz CT molecular complexity index is 626. The largest absolute Gasteiger partial charge is 0.336 e. The maximum Gasteiger partial charge on any atom is 0.243 e. The van der Waals surface area contributed by atoms with Crippen molar-refractivity contribution in [3.63, 3.8) is 0 Å². The van der Waals surface area contributed by atoms with E-state index >= 15 is 0 Å². The lowest BCUT2D eigenvalue weighted by molar-refractivity contribution is -0.133. The second kappa shape index (κ2) is 7.70. The maximum absolute atomic E-state index is 12.8. The molecule has 2 amide bonds. The predicted octanol–water partition coefficient (Wildman–Crippen LogP) is 2.92. The van der Waals surface area contributed by atoms with Gasteiger partial charge in [-0.15, -0.1) is 11.3 Å². The van der Waals surface area contributed by atoms with Crippen molar-refractivity contribution in [3.8, 4) is 0 Å². The van der Waals surface area contributed by atoms with Crippen LogP contribution in [-0.4, -0.2) is 30.3 Å². The summed E-state index contributed by atoms with van der Waals surface area (Å²) >= 11 is 1.61. The van der Waals surface area contributed by atoms with Crippen LogP contribution in [0.4, 0.5) is 10.1 Å². The molecule has 116 valence electrons. The van der Waals surface area contributed by atoms with E-state index in [1.165, 1.54) is 29.2 Å². The smallest absolute Gasteiger partial charge is 0.243 e. The van der Waals surface area contributed by atoms with E-state index in [0.29, 0.717) is 18.5 Å². The van der Waals surface area contributed by atoms with Crippen LogP contribution in [-0.2, 0) is 16.0 Å². The van der Waals surface area contributed by atoms with Crippen molar-refractivity contribution >= 4 is 28.8 Å². The zero-order chi connectivity index (χ0) is 15.9. The molecule has 0 saturated heterocycles. The van der Waals surface area contributed by atoms with Gasteiger partial charge in [-0.1, -0.05) is 6.07 Å². The van der Waals surface area contributed by atoms with Crippen molar-refractivity contribution in [2.24, 2.45) is 0 Å². The lowest BCUT2D eigenvalue weighted by atomic mass is 10.2. The predicted molar refractivity (Wildman–Crippen MR) is 85.3 cm³/mol. The topological polar surface area (TPSA) is 49.4 Å². The molecular formula is C16H17FN2O2S. The zero-order valence-electron chi connectivity index (χ0n) is 12.2. The van der Waals surface area contributed by atoms with Gasteiger partial charge in [0.25, 0.3) is 0 Å². The number of rotatable bonds is 6. The maximum atomic E-state index is 12.8. The summed E-state index contributed by atoms with van der Waals surface area (Å²) in [6, 6.07) is 9.43. The molecule has 0 fully saturated rings. The molecule has 2 rings (SSSR count). The first-order chi connectivity index (χ1) is 10.5. The van der Waals surface area contributed by atoms with Crippen LogP contribution in [0.1, 0.15) is 11.3 Å². The molecule has 6 heteroatoms. The Morgan fingerprint density at radius 1 is 1.23 bits per heavy atom. The summed E-state index contributed by atoms with van der Waals surface area (Å²) in [5.41, 5.74) is 0.505. The average molecular weight is 320 g/mol. The Morgan fingerprint density at radius 2 is 1.95 bits per heavy atom. The second-order valence-corrected chi connectivity index (χ2v) is 5.92. The van der Waals surface area contributed by atoms with Gasteiger partial charge in [0.2, 0.25) is 11.8 Å². The number of amides is 2. The fourth-order valence-corrected chi connectivity index (χ4v) is 2.62. The number of hydrogen-bond donors (Lipinski definition) is 1. The van der Waals surface area contributed by atoms with Gasteiger partial charge < -0.3 is 10.2 Å². The van der Waals surface area contributed by atoms with E-state index in [-0.39, 0.29) is 24.2 Å². The molecule has 0 spiro atoms. The molecule has 1 N–H and O–H groups in total. The van der Waals surface area contributed by atoms with E-state index in [1.54, 1.807) is 18.4 Å². The first kappa shape index (κ1) is 16.2. The van der Waals surface area contributed by atoms with Crippen LogP contribution in [0.15, 0.2) is 41.8 Å². The average Bonchev–Trinajstić information content (AvgIpc) is 3.00. The number of nitrogens with zero attached hydrogens (tertiary/aromatic N) is 1. The molecule has 0 unspecified atom stereocenters. The third kappa shape index (κ3) is 4.96. The third-order valence-corrected chi connectivity index (χ3v) is 4.04. The number of carbonyl (C=O) groups is 2. The Balaban J connectivity index is 1.77. The molecule has 2 aromatic rings. The number of likely N-dealkylation sites (N-methyl/N-ethyl adjacent to an activating group) is 1. The number of halogens is 1. The van der Waals surface area contributed by atoms with Crippen LogP contribution >= 0.6 is 11.3 Å². The van der Waals surface area contributed by atoms with Crippen molar-refractivity contribution in [2.45, 2.75) is 12.8 Å². The Hall–Kier alpha value is -2.21. The van der Waals surface area contributed by atoms with Crippen LogP contribution in [0.3, 0.4) is 0 Å². The summed E-state index contributed by atoms with van der Waals surface area (Å²) in [5, 5.41) is 4.60. The Morgan fingerprint density at radius 3 is 2.59 bits per heavy atom. The van der Waals surface area contributed by atoms with Gasteiger partial charge in [0.05, 0.1) is 6.54 Å². The van der Waals surface area contributed by atoms with E-state index in [0.717, 1.165) is 4.88 Å². The molecule has 0 aliphatic rings. The molecule has 1 heterocycles. The molecule has 0 saturated carbocycles. The molecular weight excluding hydrogens is 303 g/mol. The number of aryl methyl sites for hydroxylation is 1. The molecule has 1 aromatic heterocycles. The number of thiophene rings is 1. The SMILES string of the molecule is CN(CC(=O)Nc1ccc(F)cc1)C(=O)CCc1cccs1. The van der Waals surface area contributed by atoms with Crippen molar-refractivity contribution < 1.29 is 14.0 Å². The van der Waals surface area contributed by atoms with Crippen molar-refractivity contribution in [2.75, 3.05) is 18.9 Å². The van der Waals surface area contributed by atoms with Crippen molar-refractivity contribution in [3.05, 3.63) is 52.5 Å².